The fourth-order valence-electron chi connectivity index (χ4n) is 4.43. The molecule has 0 aliphatic carbocycles. The molecule has 1 amide bonds. The first-order chi connectivity index (χ1) is 18.2. The normalized spacial score (nSPS) is 17.0. The van der Waals surface area contributed by atoms with Gasteiger partial charge in [-0.05, 0) is 41.8 Å². The van der Waals surface area contributed by atoms with Gasteiger partial charge < -0.3 is 14.6 Å². The second kappa shape index (κ2) is 10.1. The summed E-state index contributed by atoms with van der Waals surface area (Å²) in [6.45, 7) is 4.20. The van der Waals surface area contributed by atoms with Gasteiger partial charge in [0.05, 0.1) is 46.3 Å². The lowest BCUT2D eigenvalue weighted by Crippen LogP contribution is -2.29. The summed E-state index contributed by atoms with van der Waals surface area (Å²) in [6, 6.07) is 13.0. The van der Waals surface area contributed by atoms with Crippen molar-refractivity contribution < 1.29 is 24.2 Å². The van der Waals surface area contributed by atoms with Gasteiger partial charge >= 0.3 is 5.91 Å². The second-order valence-corrected chi connectivity index (χ2v) is 10.4. The predicted molar refractivity (Wildman–Crippen MR) is 147 cm³/mol. The Morgan fingerprint density at radius 1 is 1.08 bits per heavy atom. The third-order valence-electron chi connectivity index (χ3n) is 6.42. The molecule has 38 heavy (non-hydrogen) atoms. The Hall–Kier alpha value is -3.95. The number of carbonyl (C=O) groups is 2. The van der Waals surface area contributed by atoms with Gasteiger partial charge in [-0.3, -0.25) is 19.5 Å². The van der Waals surface area contributed by atoms with Crippen LogP contribution < -0.4 is 14.4 Å². The zero-order valence-electron chi connectivity index (χ0n) is 21.1. The SMILES string of the molecule is COc1cc(OC)c(/C(O)=C2\C(=O)C(=O)N(c3nc4ccc(C(C)C)cc4s3)C2c2ccccn2)cc1Cl. The van der Waals surface area contributed by atoms with E-state index in [0.717, 1.165) is 10.3 Å². The van der Waals surface area contributed by atoms with E-state index in [9.17, 15) is 14.7 Å². The van der Waals surface area contributed by atoms with Crippen LogP contribution in [0, 0.1) is 0 Å². The van der Waals surface area contributed by atoms with Gasteiger partial charge in [-0.2, -0.15) is 0 Å². The van der Waals surface area contributed by atoms with Crippen LogP contribution in [-0.4, -0.2) is 41.0 Å². The molecule has 0 radical (unpaired) electrons. The Bertz CT molecular complexity index is 1600. The number of hydrogen-bond acceptors (Lipinski definition) is 8. The van der Waals surface area contributed by atoms with Crippen molar-refractivity contribution in [2.45, 2.75) is 25.8 Å². The van der Waals surface area contributed by atoms with E-state index in [4.69, 9.17) is 21.1 Å². The lowest BCUT2D eigenvalue weighted by atomic mass is 9.98. The van der Waals surface area contributed by atoms with Gasteiger partial charge in [0, 0.05) is 12.3 Å². The Morgan fingerprint density at radius 2 is 1.84 bits per heavy atom. The van der Waals surface area contributed by atoms with Gasteiger partial charge in [-0.15, -0.1) is 0 Å². The van der Waals surface area contributed by atoms with Crippen molar-refractivity contribution >= 4 is 55.7 Å². The number of aromatic nitrogens is 2. The minimum Gasteiger partial charge on any atom is -0.507 e. The molecule has 1 aliphatic heterocycles. The smallest absolute Gasteiger partial charge is 0.301 e. The summed E-state index contributed by atoms with van der Waals surface area (Å²) >= 11 is 7.64. The van der Waals surface area contributed by atoms with Crippen LogP contribution in [0.2, 0.25) is 5.02 Å². The third kappa shape index (κ3) is 4.27. The maximum atomic E-state index is 13.5. The number of hydrogen-bond donors (Lipinski definition) is 1. The van der Waals surface area contributed by atoms with Crippen LogP contribution in [0.5, 0.6) is 11.5 Å². The van der Waals surface area contributed by atoms with E-state index in [1.54, 1.807) is 24.4 Å². The fourth-order valence-corrected chi connectivity index (χ4v) is 5.71. The summed E-state index contributed by atoms with van der Waals surface area (Å²) in [5.74, 6) is -1.25. The number of carbonyl (C=O) groups excluding carboxylic acids is 2. The minimum absolute atomic E-state index is 0.142. The first-order valence-corrected chi connectivity index (χ1v) is 13.0. The Balaban J connectivity index is 1.73. The van der Waals surface area contributed by atoms with E-state index in [0.29, 0.717) is 28.0 Å². The monoisotopic (exact) mass is 549 g/mol. The summed E-state index contributed by atoms with van der Waals surface area (Å²) in [7, 11) is 2.87. The molecule has 2 aromatic carbocycles. The van der Waals surface area contributed by atoms with E-state index in [1.807, 2.05) is 18.2 Å². The number of pyridine rings is 1. The molecule has 10 heteroatoms. The molecule has 1 aliphatic rings. The number of amides is 1. The molecule has 3 heterocycles. The van der Waals surface area contributed by atoms with Crippen molar-refractivity contribution in [1.29, 1.82) is 0 Å². The molecule has 1 atom stereocenters. The first-order valence-electron chi connectivity index (χ1n) is 11.8. The molecule has 1 N–H and O–H groups in total. The van der Waals surface area contributed by atoms with Crippen LogP contribution >= 0.6 is 22.9 Å². The number of methoxy groups -OCH3 is 2. The number of aliphatic hydroxyl groups is 1. The average molecular weight is 550 g/mol. The highest BCUT2D eigenvalue weighted by atomic mass is 35.5. The number of nitrogens with zero attached hydrogens (tertiary/aromatic N) is 3. The number of ketones is 1. The average Bonchev–Trinajstić information content (AvgIpc) is 3.46. The standard InChI is InChI=1S/C28H24ClN3O5S/c1-14(2)15-8-9-18-22(11-15)38-28(31-18)32-24(19-7-5-6-10-30-19)23(26(34)27(32)35)25(33)16-12-17(29)21(37-4)13-20(16)36-3/h5-14,24,33H,1-4H3/b25-23+. The molecule has 8 nitrogen and oxygen atoms in total. The number of thiazole rings is 1. The van der Waals surface area contributed by atoms with E-state index >= 15 is 0 Å². The van der Waals surface area contributed by atoms with Crippen LogP contribution in [-0.2, 0) is 9.59 Å². The summed E-state index contributed by atoms with van der Waals surface area (Å²) in [5, 5.41) is 12.0. The zero-order chi connectivity index (χ0) is 27.1. The van der Waals surface area contributed by atoms with Gasteiger partial charge in [-0.25, -0.2) is 4.98 Å². The Kier molecular flexibility index (Phi) is 6.81. The quantitative estimate of drug-likeness (QED) is 0.176. The van der Waals surface area contributed by atoms with Crippen molar-refractivity contribution in [3.8, 4) is 11.5 Å². The Labute approximate surface area is 228 Å². The highest BCUT2D eigenvalue weighted by Crippen LogP contribution is 2.46. The zero-order valence-corrected chi connectivity index (χ0v) is 22.6. The van der Waals surface area contributed by atoms with Gasteiger partial charge in [0.1, 0.15) is 23.3 Å². The van der Waals surface area contributed by atoms with E-state index in [-0.39, 0.29) is 21.9 Å². The van der Waals surface area contributed by atoms with Crippen LogP contribution in [0.15, 0.2) is 60.3 Å². The molecule has 1 fully saturated rings. The molecule has 1 saturated heterocycles. The van der Waals surface area contributed by atoms with Gasteiger partial charge in [0.15, 0.2) is 5.13 Å². The molecule has 0 saturated carbocycles. The number of ether oxygens (including phenoxy) is 2. The van der Waals surface area contributed by atoms with Crippen molar-refractivity contribution in [2.24, 2.45) is 0 Å². The molecular weight excluding hydrogens is 526 g/mol. The number of halogens is 1. The van der Waals surface area contributed by atoms with Crippen molar-refractivity contribution in [3.05, 3.63) is 82.1 Å². The molecule has 5 rings (SSSR count). The molecule has 4 aromatic rings. The van der Waals surface area contributed by atoms with E-state index in [1.165, 1.54) is 42.6 Å². The topological polar surface area (TPSA) is 102 Å². The maximum absolute atomic E-state index is 13.5. The number of aliphatic hydroxyl groups excluding tert-OH is 1. The number of benzene rings is 2. The van der Waals surface area contributed by atoms with Crippen LogP contribution in [0.4, 0.5) is 5.13 Å². The third-order valence-corrected chi connectivity index (χ3v) is 7.73. The van der Waals surface area contributed by atoms with E-state index < -0.39 is 23.5 Å². The molecule has 194 valence electrons. The van der Waals surface area contributed by atoms with Crippen LogP contribution in [0.1, 0.15) is 42.6 Å². The van der Waals surface area contributed by atoms with Crippen molar-refractivity contribution in [1.82, 2.24) is 9.97 Å². The fraction of sp³-hybridized carbons (Fsp3) is 0.214. The van der Waals surface area contributed by atoms with Gasteiger partial charge in [0.25, 0.3) is 5.78 Å². The Morgan fingerprint density at radius 3 is 2.50 bits per heavy atom. The molecule has 0 spiro atoms. The summed E-state index contributed by atoms with van der Waals surface area (Å²) in [6.07, 6.45) is 1.56. The minimum atomic E-state index is -1.02. The van der Waals surface area contributed by atoms with Gasteiger partial charge in [0.2, 0.25) is 0 Å². The highest BCUT2D eigenvalue weighted by molar-refractivity contribution is 7.22. The first kappa shape index (κ1) is 25.7. The number of Topliss-reactive ketones (excluding diaryl/α,β-unsaturated/α-hetero) is 1. The predicted octanol–water partition coefficient (Wildman–Crippen LogP) is 6.11. The van der Waals surface area contributed by atoms with Crippen LogP contribution in [0.3, 0.4) is 0 Å². The molecule has 0 bridgehead atoms. The summed E-state index contributed by atoms with van der Waals surface area (Å²) in [4.78, 5) is 37.4. The largest absolute Gasteiger partial charge is 0.507 e. The molecule has 2 aromatic heterocycles. The van der Waals surface area contributed by atoms with Crippen molar-refractivity contribution in [3.63, 3.8) is 0 Å². The van der Waals surface area contributed by atoms with Gasteiger partial charge in [-0.1, -0.05) is 48.9 Å². The highest BCUT2D eigenvalue weighted by Gasteiger charge is 2.49. The number of rotatable bonds is 6. The lowest BCUT2D eigenvalue weighted by Gasteiger charge is -2.22. The van der Waals surface area contributed by atoms with Crippen LogP contribution in [0.25, 0.3) is 16.0 Å². The summed E-state index contributed by atoms with van der Waals surface area (Å²) < 4.78 is 11.6. The molecule has 1 unspecified atom stereocenters. The summed E-state index contributed by atoms with van der Waals surface area (Å²) in [5.41, 5.74) is 2.24. The maximum Gasteiger partial charge on any atom is 0.301 e. The number of anilines is 1. The lowest BCUT2D eigenvalue weighted by molar-refractivity contribution is -0.132. The second-order valence-electron chi connectivity index (χ2n) is 8.99. The van der Waals surface area contributed by atoms with Crippen molar-refractivity contribution in [2.75, 3.05) is 19.1 Å². The molecular formula is C28H24ClN3O5S. The van der Waals surface area contributed by atoms with E-state index in [2.05, 4.69) is 23.8 Å². The number of fused-ring (bicyclic) bond motifs is 1.